The predicted molar refractivity (Wildman–Crippen MR) is 122 cm³/mol. The van der Waals surface area contributed by atoms with Gasteiger partial charge < -0.3 is 10.7 Å². The molecule has 1 amide bonds. The highest BCUT2D eigenvalue weighted by molar-refractivity contribution is 6.03. The zero-order chi connectivity index (χ0) is 25.8. The Balaban J connectivity index is 1.58. The maximum Gasteiger partial charge on any atom is 0.391 e. The molecule has 6 nitrogen and oxygen atoms in total. The molecule has 2 aliphatic carbocycles. The van der Waals surface area contributed by atoms with Crippen molar-refractivity contribution in [3.63, 3.8) is 0 Å². The third-order valence-corrected chi connectivity index (χ3v) is 7.36. The molecular formula is C25H23F5N4O2. The summed E-state index contributed by atoms with van der Waals surface area (Å²) in [6.07, 6.45) is -1.60. The molecule has 0 unspecified atom stereocenters. The number of halogens is 5. The minimum atomic E-state index is -4.26. The van der Waals surface area contributed by atoms with E-state index in [1.54, 1.807) is 6.07 Å². The van der Waals surface area contributed by atoms with Crippen LogP contribution in [0.15, 0.2) is 35.4 Å². The number of pyridine rings is 3. The summed E-state index contributed by atoms with van der Waals surface area (Å²) < 4.78 is 66.7. The van der Waals surface area contributed by atoms with Gasteiger partial charge in [0.25, 0.3) is 5.91 Å². The van der Waals surface area contributed by atoms with Gasteiger partial charge in [-0.3, -0.25) is 19.6 Å². The third kappa shape index (κ3) is 4.46. The summed E-state index contributed by atoms with van der Waals surface area (Å²) in [5.41, 5.74) is 7.00. The van der Waals surface area contributed by atoms with Gasteiger partial charge in [0.05, 0.1) is 22.5 Å². The van der Waals surface area contributed by atoms with Crippen LogP contribution in [0.4, 0.5) is 22.0 Å². The van der Waals surface area contributed by atoms with Crippen LogP contribution in [-0.2, 0) is 0 Å². The predicted octanol–water partition coefficient (Wildman–Crippen LogP) is 5.43. The lowest BCUT2D eigenvalue weighted by Crippen LogP contribution is -2.34. The van der Waals surface area contributed by atoms with Gasteiger partial charge in [-0.2, -0.15) is 13.2 Å². The lowest BCUT2D eigenvalue weighted by atomic mass is 9.75. The molecule has 3 aromatic rings. The van der Waals surface area contributed by atoms with E-state index in [9.17, 15) is 31.5 Å². The van der Waals surface area contributed by atoms with Crippen LogP contribution in [0.2, 0.25) is 0 Å². The number of nitrogens with zero attached hydrogens (tertiary/aromatic N) is 2. The first kappa shape index (κ1) is 24.3. The van der Waals surface area contributed by atoms with Gasteiger partial charge in [-0.05, 0) is 49.3 Å². The van der Waals surface area contributed by atoms with Crippen molar-refractivity contribution in [3.05, 3.63) is 57.8 Å². The smallest absolute Gasteiger partial charge is 0.364 e. The number of carbonyl (C=O) groups is 1. The number of nitrogens with one attached hydrogen (secondary N) is 1. The van der Waals surface area contributed by atoms with E-state index in [2.05, 4.69) is 15.0 Å². The van der Waals surface area contributed by atoms with Gasteiger partial charge in [0, 0.05) is 48.5 Å². The van der Waals surface area contributed by atoms with Crippen LogP contribution in [0.1, 0.15) is 72.1 Å². The highest BCUT2D eigenvalue weighted by atomic mass is 19.4. The Bertz CT molecular complexity index is 1390. The summed E-state index contributed by atoms with van der Waals surface area (Å²) >= 11 is 0. The Labute approximate surface area is 202 Å². The Morgan fingerprint density at radius 2 is 1.75 bits per heavy atom. The number of rotatable bonds is 4. The second kappa shape index (κ2) is 8.63. The molecule has 5 rings (SSSR count). The Morgan fingerprint density at radius 3 is 2.36 bits per heavy atom. The maximum atomic E-state index is 13.5. The van der Waals surface area contributed by atoms with E-state index in [1.807, 2.05) is 0 Å². The minimum absolute atomic E-state index is 0.0299. The average Bonchev–Trinajstić information content (AvgIpc) is 2.81. The van der Waals surface area contributed by atoms with E-state index < -0.39 is 35.3 Å². The SMILES string of the molecule is NC(=O)c1nccc2[nH]c(-c3cnc(C4CC(F)(F)C4)cc3[C@H]3CC[C@@H](C(F)(F)F)CC3)cc(=O)c12. The van der Waals surface area contributed by atoms with Crippen LogP contribution in [0, 0.1) is 5.92 Å². The second-order valence-electron chi connectivity index (χ2n) is 9.74. The number of hydrogen-bond acceptors (Lipinski definition) is 4. The Hall–Kier alpha value is -3.37. The number of carbonyl (C=O) groups excluding carboxylic acids is 1. The Kier molecular flexibility index (Phi) is 5.83. The number of amides is 1. The van der Waals surface area contributed by atoms with Crippen molar-refractivity contribution in [1.29, 1.82) is 0 Å². The maximum absolute atomic E-state index is 13.5. The molecular weight excluding hydrogens is 483 g/mol. The van der Waals surface area contributed by atoms with Gasteiger partial charge in [-0.15, -0.1) is 0 Å². The summed E-state index contributed by atoms with van der Waals surface area (Å²) in [6.45, 7) is 0. The summed E-state index contributed by atoms with van der Waals surface area (Å²) in [6, 6.07) is 4.49. The van der Waals surface area contributed by atoms with E-state index in [0.717, 1.165) is 0 Å². The first-order chi connectivity index (χ1) is 16.9. The average molecular weight is 506 g/mol. The molecule has 2 saturated carbocycles. The van der Waals surface area contributed by atoms with E-state index in [0.29, 0.717) is 28.0 Å². The van der Waals surface area contributed by atoms with E-state index in [-0.39, 0.29) is 55.5 Å². The van der Waals surface area contributed by atoms with Crippen molar-refractivity contribution in [1.82, 2.24) is 15.0 Å². The monoisotopic (exact) mass is 506 g/mol. The van der Waals surface area contributed by atoms with E-state index in [1.165, 1.54) is 24.5 Å². The third-order valence-electron chi connectivity index (χ3n) is 7.36. The lowest BCUT2D eigenvalue weighted by Gasteiger charge is -2.35. The molecule has 0 spiro atoms. The normalized spacial score (nSPS) is 22.4. The fraction of sp³-hybridized carbons (Fsp3) is 0.440. The molecule has 3 N–H and O–H groups in total. The molecule has 0 aliphatic heterocycles. The van der Waals surface area contributed by atoms with Crippen LogP contribution in [0.25, 0.3) is 22.2 Å². The van der Waals surface area contributed by atoms with Crippen molar-refractivity contribution >= 4 is 16.8 Å². The van der Waals surface area contributed by atoms with Gasteiger partial charge in [0.15, 0.2) is 5.43 Å². The number of primary amides is 1. The molecule has 2 fully saturated rings. The van der Waals surface area contributed by atoms with Gasteiger partial charge in [0.2, 0.25) is 5.92 Å². The van der Waals surface area contributed by atoms with Gasteiger partial charge >= 0.3 is 6.18 Å². The van der Waals surface area contributed by atoms with Gasteiger partial charge in [-0.25, -0.2) is 8.78 Å². The zero-order valence-electron chi connectivity index (χ0n) is 19.0. The van der Waals surface area contributed by atoms with Crippen molar-refractivity contribution in [2.75, 3.05) is 0 Å². The highest BCUT2D eigenvalue weighted by Gasteiger charge is 2.47. The zero-order valence-corrected chi connectivity index (χ0v) is 19.0. The topological polar surface area (TPSA) is 102 Å². The molecule has 0 radical (unpaired) electrons. The van der Waals surface area contributed by atoms with Crippen LogP contribution in [0.5, 0.6) is 0 Å². The molecule has 0 saturated heterocycles. The first-order valence-corrected chi connectivity index (χ1v) is 11.7. The minimum Gasteiger partial charge on any atom is -0.364 e. The molecule has 190 valence electrons. The molecule has 3 aromatic heterocycles. The summed E-state index contributed by atoms with van der Waals surface area (Å²) in [5, 5.41) is 0.0299. The van der Waals surface area contributed by atoms with Gasteiger partial charge in [0.1, 0.15) is 5.69 Å². The quantitative estimate of drug-likeness (QED) is 0.461. The highest BCUT2D eigenvalue weighted by Crippen LogP contribution is 2.50. The van der Waals surface area contributed by atoms with Crippen LogP contribution in [0.3, 0.4) is 0 Å². The number of hydrogen-bond donors (Lipinski definition) is 2. The van der Waals surface area contributed by atoms with Crippen molar-refractivity contribution in [2.24, 2.45) is 11.7 Å². The first-order valence-electron chi connectivity index (χ1n) is 11.7. The van der Waals surface area contributed by atoms with Crippen molar-refractivity contribution in [3.8, 4) is 11.3 Å². The molecule has 2 aliphatic rings. The number of H-pyrrole nitrogens is 1. The fourth-order valence-electron chi connectivity index (χ4n) is 5.41. The van der Waals surface area contributed by atoms with Crippen molar-refractivity contribution < 1.29 is 26.7 Å². The lowest BCUT2D eigenvalue weighted by molar-refractivity contribution is -0.182. The Morgan fingerprint density at radius 1 is 1.06 bits per heavy atom. The summed E-state index contributed by atoms with van der Waals surface area (Å²) in [5.74, 6) is -5.66. The second-order valence-corrected chi connectivity index (χ2v) is 9.74. The van der Waals surface area contributed by atoms with Crippen molar-refractivity contribution in [2.45, 2.75) is 62.5 Å². The summed E-state index contributed by atoms with van der Waals surface area (Å²) in [4.78, 5) is 36.0. The van der Waals surface area contributed by atoms with E-state index >= 15 is 0 Å². The van der Waals surface area contributed by atoms with E-state index in [4.69, 9.17) is 5.73 Å². The molecule has 0 bridgehead atoms. The number of alkyl halides is 5. The number of fused-ring (bicyclic) bond motifs is 1. The summed E-state index contributed by atoms with van der Waals surface area (Å²) in [7, 11) is 0. The van der Waals surface area contributed by atoms with Gasteiger partial charge in [-0.1, -0.05) is 0 Å². The molecule has 0 aromatic carbocycles. The number of aromatic amines is 1. The molecule has 36 heavy (non-hydrogen) atoms. The van der Waals surface area contributed by atoms with Crippen LogP contribution in [-0.4, -0.2) is 33.0 Å². The number of aromatic nitrogens is 3. The molecule has 3 heterocycles. The van der Waals surface area contributed by atoms with Crippen LogP contribution >= 0.6 is 0 Å². The van der Waals surface area contributed by atoms with Crippen LogP contribution < -0.4 is 11.2 Å². The molecule has 0 atom stereocenters. The molecule has 11 heteroatoms. The fourth-order valence-corrected chi connectivity index (χ4v) is 5.41. The number of nitrogens with two attached hydrogens (primary N) is 1. The standard InChI is InChI=1S/C25H23F5N4O2/c26-24(27)9-13(10-24)18-7-15(12-1-3-14(4-2-12)25(28,29)30)16(11-33-18)19-8-20(35)21-17(34-19)5-6-32-22(21)23(31)36/h5-8,11-14H,1-4,9-10H2,(H2,31,36)(H,34,35)/t12-,14+. The largest absolute Gasteiger partial charge is 0.391 e.